The molecule has 0 spiro atoms. The summed E-state index contributed by atoms with van der Waals surface area (Å²) in [6, 6.07) is 0. The summed E-state index contributed by atoms with van der Waals surface area (Å²) in [6.07, 6.45) is 17.5. The fourth-order valence-corrected chi connectivity index (χ4v) is 2.12. The molecule has 0 bridgehead atoms. The van der Waals surface area contributed by atoms with E-state index in [1.807, 2.05) is 0 Å². The number of nitrogens with one attached hydrogen (secondary N) is 1. The highest BCUT2D eigenvalue weighted by atomic mass is 15.0. The predicted octanol–water partition coefficient (Wildman–Crippen LogP) is 3.33. The SMILES string of the molecule is CC1C=CC=C(NC2(C)C=CC=CC2)C1. The Morgan fingerprint density at radius 2 is 2.20 bits per heavy atom. The van der Waals surface area contributed by atoms with Gasteiger partial charge in [-0.25, -0.2) is 0 Å². The van der Waals surface area contributed by atoms with Crippen molar-refractivity contribution in [3.63, 3.8) is 0 Å². The van der Waals surface area contributed by atoms with Gasteiger partial charge in [-0.2, -0.15) is 0 Å². The lowest BCUT2D eigenvalue weighted by Gasteiger charge is -2.32. The van der Waals surface area contributed by atoms with Crippen molar-refractivity contribution in [3.8, 4) is 0 Å². The third-order valence-electron chi connectivity index (χ3n) is 2.98. The van der Waals surface area contributed by atoms with Crippen LogP contribution in [0.3, 0.4) is 0 Å². The number of hydrogen-bond acceptors (Lipinski definition) is 1. The standard InChI is InChI=1S/C14H19N/c1-12-7-6-8-13(11-12)15-14(2)9-4-3-5-10-14/h3-9,12,15H,10-11H2,1-2H3. The van der Waals surface area contributed by atoms with Gasteiger partial charge in [0.2, 0.25) is 0 Å². The van der Waals surface area contributed by atoms with Crippen molar-refractivity contribution in [3.05, 3.63) is 48.2 Å². The molecule has 0 saturated heterocycles. The lowest BCUT2D eigenvalue weighted by molar-refractivity contribution is 0.463. The number of hydrogen-bond donors (Lipinski definition) is 1. The van der Waals surface area contributed by atoms with Crippen LogP contribution < -0.4 is 5.32 Å². The molecule has 0 aromatic rings. The second-order valence-corrected chi connectivity index (χ2v) is 4.79. The van der Waals surface area contributed by atoms with E-state index in [4.69, 9.17) is 0 Å². The average Bonchev–Trinajstić information content (AvgIpc) is 2.18. The van der Waals surface area contributed by atoms with Gasteiger partial charge in [-0.05, 0) is 31.8 Å². The highest BCUT2D eigenvalue weighted by Crippen LogP contribution is 2.23. The molecule has 1 N–H and O–H groups in total. The van der Waals surface area contributed by atoms with E-state index in [9.17, 15) is 0 Å². The van der Waals surface area contributed by atoms with Crippen LogP contribution in [-0.4, -0.2) is 5.54 Å². The van der Waals surface area contributed by atoms with Crippen LogP contribution in [0.1, 0.15) is 26.7 Å². The normalized spacial score (nSPS) is 34.0. The summed E-state index contributed by atoms with van der Waals surface area (Å²) in [6.45, 7) is 4.50. The van der Waals surface area contributed by atoms with Crippen molar-refractivity contribution in [2.24, 2.45) is 5.92 Å². The molecule has 0 radical (unpaired) electrons. The van der Waals surface area contributed by atoms with Crippen molar-refractivity contribution in [1.29, 1.82) is 0 Å². The molecule has 0 aliphatic heterocycles. The Kier molecular flexibility index (Phi) is 2.81. The second-order valence-electron chi connectivity index (χ2n) is 4.79. The minimum atomic E-state index is 0.103. The maximum atomic E-state index is 3.64. The Hall–Kier alpha value is -1.24. The summed E-state index contributed by atoms with van der Waals surface area (Å²) in [5.74, 6) is 0.657. The van der Waals surface area contributed by atoms with Crippen molar-refractivity contribution >= 4 is 0 Å². The Balaban J connectivity index is 2.02. The van der Waals surface area contributed by atoms with Gasteiger partial charge >= 0.3 is 0 Å². The van der Waals surface area contributed by atoms with Gasteiger partial charge in [-0.1, -0.05) is 43.4 Å². The van der Waals surface area contributed by atoms with E-state index in [0.717, 1.165) is 12.8 Å². The lowest BCUT2D eigenvalue weighted by Crippen LogP contribution is -2.40. The topological polar surface area (TPSA) is 12.0 Å². The van der Waals surface area contributed by atoms with Crippen LogP contribution in [0.2, 0.25) is 0 Å². The zero-order chi connectivity index (χ0) is 10.7. The van der Waals surface area contributed by atoms with Crippen molar-refractivity contribution in [2.75, 3.05) is 0 Å². The third-order valence-corrected chi connectivity index (χ3v) is 2.98. The summed E-state index contributed by atoms with van der Waals surface area (Å²) in [4.78, 5) is 0. The van der Waals surface area contributed by atoms with E-state index in [1.165, 1.54) is 5.70 Å². The molecular formula is C14H19N. The van der Waals surface area contributed by atoms with Gasteiger partial charge in [0.1, 0.15) is 0 Å². The molecule has 1 nitrogen and oxygen atoms in total. The summed E-state index contributed by atoms with van der Waals surface area (Å²) < 4.78 is 0. The fourth-order valence-electron chi connectivity index (χ4n) is 2.12. The molecule has 1 heteroatoms. The van der Waals surface area contributed by atoms with Gasteiger partial charge in [-0.15, -0.1) is 0 Å². The molecule has 80 valence electrons. The fraction of sp³-hybridized carbons (Fsp3) is 0.429. The minimum Gasteiger partial charge on any atom is -0.379 e. The molecule has 0 saturated carbocycles. The van der Waals surface area contributed by atoms with Crippen LogP contribution in [-0.2, 0) is 0 Å². The molecule has 0 aromatic heterocycles. The third kappa shape index (κ3) is 2.62. The largest absolute Gasteiger partial charge is 0.379 e. The van der Waals surface area contributed by atoms with Crippen LogP contribution in [0.25, 0.3) is 0 Å². The Bertz CT molecular complexity index is 346. The molecular weight excluding hydrogens is 182 g/mol. The molecule has 2 atom stereocenters. The van der Waals surface area contributed by atoms with Crippen LogP contribution in [0.5, 0.6) is 0 Å². The van der Waals surface area contributed by atoms with E-state index in [1.54, 1.807) is 0 Å². The zero-order valence-corrected chi connectivity index (χ0v) is 9.53. The molecule has 0 heterocycles. The van der Waals surface area contributed by atoms with E-state index < -0.39 is 0 Å². The van der Waals surface area contributed by atoms with Gasteiger partial charge in [0.15, 0.2) is 0 Å². The van der Waals surface area contributed by atoms with E-state index >= 15 is 0 Å². The van der Waals surface area contributed by atoms with E-state index in [2.05, 4.69) is 61.7 Å². The first kappa shape index (κ1) is 10.3. The highest BCUT2D eigenvalue weighted by molar-refractivity contribution is 5.25. The van der Waals surface area contributed by atoms with Crippen molar-refractivity contribution < 1.29 is 0 Å². The lowest BCUT2D eigenvalue weighted by atomic mass is 9.91. The van der Waals surface area contributed by atoms with Gasteiger partial charge in [0, 0.05) is 5.70 Å². The molecule has 2 aliphatic carbocycles. The molecule has 0 amide bonds. The quantitative estimate of drug-likeness (QED) is 0.722. The Morgan fingerprint density at radius 3 is 2.87 bits per heavy atom. The first-order valence-electron chi connectivity index (χ1n) is 5.68. The molecule has 0 fully saturated rings. The highest BCUT2D eigenvalue weighted by Gasteiger charge is 2.21. The molecule has 0 aromatic carbocycles. The van der Waals surface area contributed by atoms with Crippen LogP contribution in [0.15, 0.2) is 48.2 Å². The van der Waals surface area contributed by atoms with Crippen LogP contribution >= 0.6 is 0 Å². The molecule has 15 heavy (non-hydrogen) atoms. The molecule has 2 unspecified atom stereocenters. The van der Waals surface area contributed by atoms with Gasteiger partial charge < -0.3 is 5.32 Å². The van der Waals surface area contributed by atoms with Crippen LogP contribution in [0, 0.1) is 5.92 Å². The van der Waals surface area contributed by atoms with E-state index in [0.29, 0.717) is 5.92 Å². The van der Waals surface area contributed by atoms with Gasteiger partial charge in [0.25, 0.3) is 0 Å². The van der Waals surface area contributed by atoms with E-state index in [-0.39, 0.29) is 5.54 Å². The summed E-state index contributed by atoms with van der Waals surface area (Å²) >= 11 is 0. The Morgan fingerprint density at radius 1 is 1.33 bits per heavy atom. The van der Waals surface area contributed by atoms with Gasteiger partial charge in [-0.3, -0.25) is 0 Å². The minimum absolute atomic E-state index is 0.103. The predicted molar refractivity (Wildman–Crippen MR) is 65.4 cm³/mol. The molecule has 2 aliphatic rings. The smallest absolute Gasteiger partial charge is 0.0562 e. The summed E-state index contributed by atoms with van der Waals surface area (Å²) in [5.41, 5.74) is 1.46. The second kappa shape index (κ2) is 4.09. The Labute approximate surface area is 92.3 Å². The maximum absolute atomic E-state index is 3.64. The first-order valence-corrected chi connectivity index (χ1v) is 5.68. The molecule has 2 rings (SSSR count). The summed E-state index contributed by atoms with van der Waals surface area (Å²) in [5, 5.41) is 3.64. The van der Waals surface area contributed by atoms with Crippen molar-refractivity contribution in [2.45, 2.75) is 32.2 Å². The van der Waals surface area contributed by atoms with Crippen molar-refractivity contribution in [1.82, 2.24) is 5.32 Å². The zero-order valence-electron chi connectivity index (χ0n) is 9.53. The van der Waals surface area contributed by atoms with Gasteiger partial charge in [0.05, 0.1) is 5.54 Å². The maximum Gasteiger partial charge on any atom is 0.0562 e. The average molecular weight is 201 g/mol. The summed E-state index contributed by atoms with van der Waals surface area (Å²) in [7, 11) is 0. The number of allylic oxidation sites excluding steroid dienone is 6. The first-order chi connectivity index (χ1) is 7.18. The number of rotatable bonds is 2. The monoisotopic (exact) mass is 201 g/mol. The van der Waals surface area contributed by atoms with Crippen LogP contribution in [0.4, 0.5) is 0 Å².